The summed E-state index contributed by atoms with van der Waals surface area (Å²) in [6.45, 7) is 5.48. The van der Waals surface area contributed by atoms with Crippen LogP contribution in [0.1, 0.15) is 10.4 Å². The van der Waals surface area contributed by atoms with Crippen LogP contribution in [0.25, 0.3) is 10.2 Å². The fraction of sp³-hybridized carbons (Fsp3) is 0.278. The van der Waals surface area contributed by atoms with Crippen molar-refractivity contribution in [2.24, 2.45) is 0 Å². The summed E-state index contributed by atoms with van der Waals surface area (Å²) in [5.41, 5.74) is 1.57. The molecule has 3 aromatic rings. The normalized spacial score (nSPS) is 14.8. The highest BCUT2D eigenvalue weighted by molar-refractivity contribution is 7.18. The molecule has 0 atom stereocenters. The van der Waals surface area contributed by atoms with Gasteiger partial charge in [0.15, 0.2) is 0 Å². The fourth-order valence-electron chi connectivity index (χ4n) is 3.25. The van der Waals surface area contributed by atoms with Gasteiger partial charge in [-0.15, -0.1) is 11.3 Å². The van der Waals surface area contributed by atoms with Gasteiger partial charge in [-0.3, -0.25) is 0 Å². The highest BCUT2D eigenvalue weighted by Gasteiger charge is 2.22. The van der Waals surface area contributed by atoms with Crippen LogP contribution in [0.2, 0.25) is 5.02 Å². The number of hydrogen-bond acceptors (Lipinski definition) is 6. The van der Waals surface area contributed by atoms with Crippen LogP contribution < -0.4 is 9.80 Å². The first-order chi connectivity index (χ1) is 12.2. The summed E-state index contributed by atoms with van der Waals surface area (Å²) >= 11 is 7.70. The molecule has 5 nitrogen and oxygen atoms in total. The molecule has 1 aliphatic rings. The number of thiophene rings is 1. The smallest absolute Gasteiger partial charge is 0.140 e. The minimum Gasteiger partial charge on any atom is -0.367 e. The molecule has 7 heteroatoms. The molecule has 0 N–H and O–H groups in total. The number of aromatic nitrogens is 2. The van der Waals surface area contributed by atoms with E-state index in [2.05, 4.69) is 38.8 Å². The van der Waals surface area contributed by atoms with E-state index in [9.17, 15) is 5.26 Å². The Morgan fingerprint density at radius 1 is 1.12 bits per heavy atom. The van der Waals surface area contributed by atoms with E-state index in [1.54, 1.807) is 23.7 Å². The summed E-state index contributed by atoms with van der Waals surface area (Å²) in [5, 5.41) is 11.1. The van der Waals surface area contributed by atoms with Gasteiger partial charge >= 0.3 is 0 Å². The highest BCUT2D eigenvalue weighted by Crippen LogP contribution is 2.31. The van der Waals surface area contributed by atoms with Crippen molar-refractivity contribution in [2.45, 2.75) is 6.92 Å². The zero-order valence-electron chi connectivity index (χ0n) is 13.7. The van der Waals surface area contributed by atoms with Gasteiger partial charge in [-0.1, -0.05) is 11.6 Å². The summed E-state index contributed by atoms with van der Waals surface area (Å²) in [4.78, 5) is 15.7. The SMILES string of the molecule is Cc1cc2c(N3CCN(c4ccc(Cl)cc4C#N)CC3)ncnc2s1. The summed E-state index contributed by atoms with van der Waals surface area (Å²) < 4.78 is 0. The Morgan fingerprint density at radius 2 is 1.88 bits per heavy atom. The molecule has 1 aliphatic heterocycles. The Balaban J connectivity index is 1.56. The van der Waals surface area contributed by atoms with E-state index in [1.165, 1.54) is 4.88 Å². The van der Waals surface area contributed by atoms with Crippen LogP contribution >= 0.6 is 22.9 Å². The van der Waals surface area contributed by atoms with Gasteiger partial charge in [-0.05, 0) is 31.2 Å². The molecule has 4 rings (SSSR count). The predicted octanol–water partition coefficient (Wildman–Crippen LogP) is 3.85. The number of fused-ring (bicyclic) bond motifs is 1. The van der Waals surface area contributed by atoms with Gasteiger partial charge in [0.25, 0.3) is 0 Å². The first-order valence-electron chi connectivity index (χ1n) is 8.06. The number of benzene rings is 1. The average Bonchev–Trinajstić information content (AvgIpc) is 3.02. The number of piperazine rings is 1. The van der Waals surface area contributed by atoms with Crippen molar-refractivity contribution in [3.8, 4) is 6.07 Å². The molecule has 0 saturated carbocycles. The number of rotatable bonds is 2. The quantitative estimate of drug-likeness (QED) is 0.686. The lowest BCUT2D eigenvalue weighted by atomic mass is 10.1. The Hall–Kier alpha value is -2.36. The first kappa shape index (κ1) is 16.1. The number of anilines is 2. The van der Waals surface area contributed by atoms with Crippen molar-refractivity contribution in [1.29, 1.82) is 5.26 Å². The maximum atomic E-state index is 9.36. The minimum absolute atomic E-state index is 0.593. The van der Waals surface area contributed by atoms with Gasteiger partial charge in [0.1, 0.15) is 23.0 Å². The first-order valence-corrected chi connectivity index (χ1v) is 9.26. The van der Waals surface area contributed by atoms with Gasteiger partial charge in [0.2, 0.25) is 0 Å². The van der Waals surface area contributed by atoms with E-state index in [4.69, 9.17) is 11.6 Å². The Labute approximate surface area is 155 Å². The Kier molecular flexibility index (Phi) is 4.20. The van der Waals surface area contributed by atoms with Crippen LogP contribution in [0.15, 0.2) is 30.6 Å². The molecule has 1 saturated heterocycles. The molecule has 2 aromatic heterocycles. The third kappa shape index (κ3) is 3.01. The van der Waals surface area contributed by atoms with Crippen molar-refractivity contribution >= 4 is 44.7 Å². The topological polar surface area (TPSA) is 56.0 Å². The lowest BCUT2D eigenvalue weighted by molar-refractivity contribution is 0.648. The number of hydrogen-bond donors (Lipinski definition) is 0. The summed E-state index contributed by atoms with van der Waals surface area (Å²) in [7, 11) is 0. The Bertz CT molecular complexity index is 969. The largest absolute Gasteiger partial charge is 0.367 e. The van der Waals surface area contributed by atoms with Crippen LogP contribution in [-0.2, 0) is 0 Å². The van der Waals surface area contributed by atoms with Crippen LogP contribution in [0.4, 0.5) is 11.5 Å². The fourth-order valence-corrected chi connectivity index (χ4v) is 4.26. The molecule has 0 aliphatic carbocycles. The zero-order chi connectivity index (χ0) is 17.4. The van der Waals surface area contributed by atoms with Crippen LogP contribution in [0, 0.1) is 18.3 Å². The molecule has 1 fully saturated rings. The van der Waals surface area contributed by atoms with E-state index in [-0.39, 0.29) is 0 Å². The number of nitrogens with zero attached hydrogens (tertiary/aromatic N) is 5. The molecule has 0 bridgehead atoms. The van der Waals surface area contributed by atoms with Crippen molar-refractivity contribution in [3.05, 3.63) is 46.1 Å². The standard InChI is InChI=1S/C18H16ClN5S/c1-12-8-15-17(21-11-22-18(15)25-12)24-6-4-23(5-7-24)16-3-2-14(19)9-13(16)10-20/h2-3,8-9,11H,4-7H2,1H3. The number of halogens is 1. The van der Waals surface area contributed by atoms with Gasteiger partial charge in [-0.25, -0.2) is 9.97 Å². The second kappa shape index (κ2) is 6.51. The monoisotopic (exact) mass is 369 g/mol. The summed E-state index contributed by atoms with van der Waals surface area (Å²) in [6, 6.07) is 9.91. The molecule has 3 heterocycles. The average molecular weight is 370 g/mol. The molecule has 0 unspecified atom stereocenters. The van der Waals surface area contributed by atoms with Crippen molar-refractivity contribution < 1.29 is 0 Å². The van der Waals surface area contributed by atoms with E-state index in [0.29, 0.717) is 10.6 Å². The van der Waals surface area contributed by atoms with Crippen LogP contribution in [0.5, 0.6) is 0 Å². The zero-order valence-corrected chi connectivity index (χ0v) is 15.3. The maximum Gasteiger partial charge on any atom is 0.140 e. The molecule has 0 amide bonds. The molecular formula is C18H16ClN5S. The third-order valence-corrected chi connectivity index (χ3v) is 5.62. The number of aryl methyl sites for hydroxylation is 1. The summed E-state index contributed by atoms with van der Waals surface area (Å²) in [5.74, 6) is 1.01. The highest BCUT2D eigenvalue weighted by atomic mass is 35.5. The minimum atomic E-state index is 0.593. The molecule has 0 spiro atoms. The molecule has 0 radical (unpaired) electrons. The van der Waals surface area contributed by atoms with Crippen LogP contribution in [0.3, 0.4) is 0 Å². The molecular weight excluding hydrogens is 354 g/mol. The lowest BCUT2D eigenvalue weighted by Gasteiger charge is -2.37. The van der Waals surface area contributed by atoms with Crippen molar-refractivity contribution in [1.82, 2.24) is 9.97 Å². The second-order valence-corrected chi connectivity index (χ2v) is 7.69. The van der Waals surface area contributed by atoms with E-state index in [0.717, 1.165) is 47.9 Å². The van der Waals surface area contributed by atoms with Gasteiger partial charge in [-0.2, -0.15) is 5.26 Å². The van der Waals surface area contributed by atoms with Gasteiger partial charge in [0, 0.05) is 36.1 Å². The molecule has 25 heavy (non-hydrogen) atoms. The van der Waals surface area contributed by atoms with Gasteiger partial charge in [0.05, 0.1) is 16.6 Å². The number of nitriles is 1. The van der Waals surface area contributed by atoms with E-state index in [1.807, 2.05) is 12.1 Å². The summed E-state index contributed by atoms with van der Waals surface area (Å²) in [6.07, 6.45) is 1.65. The van der Waals surface area contributed by atoms with Crippen molar-refractivity contribution in [2.75, 3.05) is 36.0 Å². The lowest BCUT2D eigenvalue weighted by Crippen LogP contribution is -2.47. The Morgan fingerprint density at radius 3 is 2.64 bits per heavy atom. The van der Waals surface area contributed by atoms with E-state index < -0.39 is 0 Å². The predicted molar refractivity (Wildman–Crippen MR) is 103 cm³/mol. The maximum absolute atomic E-state index is 9.36. The third-order valence-electron chi connectivity index (χ3n) is 4.43. The molecule has 1 aromatic carbocycles. The van der Waals surface area contributed by atoms with E-state index >= 15 is 0 Å². The second-order valence-electron chi connectivity index (χ2n) is 6.02. The van der Waals surface area contributed by atoms with Gasteiger partial charge < -0.3 is 9.80 Å². The molecule has 126 valence electrons. The van der Waals surface area contributed by atoms with Crippen LogP contribution in [-0.4, -0.2) is 36.1 Å². The van der Waals surface area contributed by atoms with Crippen molar-refractivity contribution in [3.63, 3.8) is 0 Å².